The SMILES string of the molecule is CC(C)C(NC(=O)c1ccccc1F)C(=O)OCC(=O)c1ccc(S(=O)(=O)N2CCCC2)cc1. The Morgan fingerprint density at radius 1 is 1.03 bits per heavy atom. The summed E-state index contributed by atoms with van der Waals surface area (Å²) in [6.45, 7) is 3.71. The number of ether oxygens (including phenoxy) is 1. The molecule has 0 saturated carbocycles. The van der Waals surface area contributed by atoms with Crippen LogP contribution in [0.4, 0.5) is 4.39 Å². The first-order valence-electron chi connectivity index (χ1n) is 11.0. The summed E-state index contributed by atoms with van der Waals surface area (Å²) in [6.07, 6.45) is 1.64. The second-order valence-electron chi connectivity index (χ2n) is 8.34. The summed E-state index contributed by atoms with van der Waals surface area (Å²) in [5, 5.41) is 2.45. The Morgan fingerprint density at radius 3 is 2.24 bits per heavy atom. The van der Waals surface area contributed by atoms with Gasteiger partial charge in [0.05, 0.1) is 10.5 Å². The average molecular weight is 491 g/mol. The van der Waals surface area contributed by atoms with Gasteiger partial charge in [0.1, 0.15) is 11.9 Å². The van der Waals surface area contributed by atoms with Crippen molar-refractivity contribution in [2.24, 2.45) is 5.92 Å². The fraction of sp³-hybridized carbons (Fsp3) is 0.375. The van der Waals surface area contributed by atoms with Crippen LogP contribution in [0.1, 0.15) is 47.4 Å². The Morgan fingerprint density at radius 2 is 1.65 bits per heavy atom. The van der Waals surface area contributed by atoms with Crippen molar-refractivity contribution < 1.29 is 31.9 Å². The molecule has 0 aliphatic carbocycles. The van der Waals surface area contributed by atoms with Crippen molar-refractivity contribution in [2.75, 3.05) is 19.7 Å². The van der Waals surface area contributed by atoms with E-state index in [1.165, 1.54) is 46.8 Å². The molecule has 1 aliphatic rings. The number of nitrogens with one attached hydrogen (secondary N) is 1. The van der Waals surface area contributed by atoms with Crippen LogP contribution in [0, 0.1) is 11.7 Å². The van der Waals surface area contributed by atoms with E-state index in [4.69, 9.17) is 4.74 Å². The highest BCUT2D eigenvalue weighted by Crippen LogP contribution is 2.21. The third kappa shape index (κ3) is 5.87. The fourth-order valence-electron chi connectivity index (χ4n) is 3.56. The van der Waals surface area contributed by atoms with Crippen molar-refractivity contribution in [1.29, 1.82) is 0 Å². The van der Waals surface area contributed by atoms with Crippen LogP contribution >= 0.6 is 0 Å². The van der Waals surface area contributed by atoms with E-state index >= 15 is 0 Å². The maximum atomic E-state index is 13.9. The minimum atomic E-state index is -3.60. The molecule has 34 heavy (non-hydrogen) atoms. The molecule has 1 saturated heterocycles. The standard InChI is InChI=1S/C24H27FN2O6S/c1-16(2)22(26-23(29)19-7-3-4-8-20(19)25)24(30)33-15-21(28)17-9-11-18(12-10-17)34(31,32)27-13-5-6-14-27/h3-4,7-12,16,22H,5-6,13-15H2,1-2H3,(H,26,29). The minimum absolute atomic E-state index is 0.0960. The predicted octanol–water partition coefficient (Wildman–Crippen LogP) is 2.79. The van der Waals surface area contributed by atoms with Gasteiger partial charge in [-0.2, -0.15) is 4.31 Å². The lowest BCUT2D eigenvalue weighted by atomic mass is 10.0. The number of benzene rings is 2. The first kappa shape index (κ1) is 25.5. The molecule has 1 N–H and O–H groups in total. The highest BCUT2D eigenvalue weighted by atomic mass is 32.2. The molecule has 3 rings (SSSR count). The van der Waals surface area contributed by atoms with Crippen LogP contribution in [0.3, 0.4) is 0 Å². The van der Waals surface area contributed by atoms with Crippen LogP contribution in [0.5, 0.6) is 0 Å². The second-order valence-corrected chi connectivity index (χ2v) is 10.3. The Hall–Kier alpha value is -3.11. The van der Waals surface area contributed by atoms with Crippen molar-refractivity contribution in [2.45, 2.75) is 37.6 Å². The summed E-state index contributed by atoms with van der Waals surface area (Å²) in [6, 6.07) is 9.75. The first-order valence-corrected chi connectivity index (χ1v) is 12.4. The molecular formula is C24H27FN2O6S. The van der Waals surface area contributed by atoms with Gasteiger partial charge in [-0.25, -0.2) is 17.6 Å². The quantitative estimate of drug-likeness (QED) is 0.428. The van der Waals surface area contributed by atoms with Gasteiger partial charge in [-0.1, -0.05) is 26.0 Å². The van der Waals surface area contributed by atoms with Crippen molar-refractivity contribution in [3.8, 4) is 0 Å². The molecular weight excluding hydrogens is 463 g/mol. The van der Waals surface area contributed by atoms with E-state index in [0.29, 0.717) is 13.1 Å². The van der Waals surface area contributed by atoms with Gasteiger partial charge < -0.3 is 10.1 Å². The maximum Gasteiger partial charge on any atom is 0.329 e. The van der Waals surface area contributed by atoms with E-state index in [0.717, 1.165) is 18.9 Å². The zero-order valence-electron chi connectivity index (χ0n) is 19.0. The molecule has 0 bridgehead atoms. The molecule has 0 radical (unpaired) electrons. The lowest BCUT2D eigenvalue weighted by Gasteiger charge is -2.21. The van der Waals surface area contributed by atoms with Crippen molar-refractivity contribution in [1.82, 2.24) is 9.62 Å². The number of amides is 1. The third-order valence-electron chi connectivity index (χ3n) is 5.55. The smallest absolute Gasteiger partial charge is 0.329 e. The molecule has 8 nitrogen and oxygen atoms in total. The zero-order chi connectivity index (χ0) is 24.9. The number of esters is 1. The molecule has 0 aromatic heterocycles. The summed E-state index contributed by atoms with van der Waals surface area (Å²) >= 11 is 0. The highest BCUT2D eigenvalue weighted by molar-refractivity contribution is 7.89. The number of Topliss-reactive ketones (excluding diaryl/α,β-unsaturated/α-hetero) is 1. The maximum absolute atomic E-state index is 13.9. The number of sulfonamides is 1. The van der Waals surface area contributed by atoms with E-state index in [1.807, 2.05) is 0 Å². The molecule has 1 heterocycles. The molecule has 2 aromatic carbocycles. The summed E-state index contributed by atoms with van der Waals surface area (Å²) < 4.78 is 45.6. The van der Waals surface area contributed by atoms with Crippen LogP contribution in [0.2, 0.25) is 0 Å². The van der Waals surface area contributed by atoms with Gasteiger partial charge in [-0.3, -0.25) is 9.59 Å². The Labute approximate surface area is 198 Å². The Bertz CT molecular complexity index is 1160. The van der Waals surface area contributed by atoms with Crippen LogP contribution in [0.15, 0.2) is 53.4 Å². The van der Waals surface area contributed by atoms with E-state index in [2.05, 4.69) is 5.32 Å². The van der Waals surface area contributed by atoms with Gasteiger partial charge in [0.2, 0.25) is 10.0 Å². The van der Waals surface area contributed by atoms with Crippen LogP contribution < -0.4 is 5.32 Å². The topological polar surface area (TPSA) is 110 Å². The number of hydrogen-bond donors (Lipinski definition) is 1. The molecule has 2 aromatic rings. The summed E-state index contributed by atoms with van der Waals surface area (Å²) in [7, 11) is -3.60. The molecule has 1 fully saturated rings. The molecule has 10 heteroatoms. The molecule has 0 spiro atoms. The minimum Gasteiger partial charge on any atom is -0.456 e. The average Bonchev–Trinajstić information content (AvgIpc) is 3.37. The first-order chi connectivity index (χ1) is 16.1. The lowest BCUT2D eigenvalue weighted by Crippen LogP contribution is -2.46. The fourth-order valence-corrected chi connectivity index (χ4v) is 5.08. The summed E-state index contributed by atoms with van der Waals surface area (Å²) in [5.74, 6) is -3.23. The Balaban J connectivity index is 1.60. The largest absolute Gasteiger partial charge is 0.456 e. The molecule has 182 valence electrons. The highest BCUT2D eigenvalue weighted by Gasteiger charge is 2.29. The van der Waals surface area contributed by atoms with Crippen LogP contribution in [0.25, 0.3) is 0 Å². The molecule has 1 atom stereocenters. The number of halogens is 1. The van der Waals surface area contributed by atoms with E-state index < -0.39 is 46.1 Å². The van der Waals surface area contributed by atoms with Crippen LogP contribution in [-0.4, -0.2) is 56.1 Å². The molecule has 1 unspecified atom stereocenters. The lowest BCUT2D eigenvalue weighted by molar-refractivity contribution is -0.145. The molecule has 1 aliphatic heterocycles. The van der Waals surface area contributed by atoms with Crippen molar-refractivity contribution >= 4 is 27.7 Å². The Kier molecular flexibility index (Phi) is 8.16. The van der Waals surface area contributed by atoms with Crippen LogP contribution in [-0.2, 0) is 19.6 Å². The van der Waals surface area contributed by atoms with Crippen molar-refractivity contribution in [3.05, 3.63) is 65.5 Å². The van der Waals surface area contributed by atoms with Gasteiger partial charge >= 0.3 is 5.97 Å². The number of carbonyl (C=O) groups excluding carboxylic acids is 3. The van der Waals surface area contributed by atoms with Crippen molar-refractivity contribution in [3.63, 3.8) is 0 Å². The van der Waals surface area contributed by atoms with Gasteiger partial charge in [0.15, 0.2) is 12.4 Å². The number of hydrogen-bond acceptors (Lipinski definition) is 6. The monoisotopic (exact) mass is 490 g/mol. The zero-order valence-corrected chi connectivity index (χ0v) is 19.8. The van der Waals surface area contributed by atoms with E-state index in [1.54, 1.807) is 13.8 Å². The summed E-state index contributed by atoms with van der Waals surface area (Å²) in [4.78, 5) is 37.5. The number of nitrogens with zero attached hydrogens (tertiary/aromatic N) is 1. The third-order valence-corrected chi connectivity index (χ3v) is 7.46. The van der Waals surface area contributed by atoms with Gasteiger partial charge in [-0.15, -0.1) is 0 Å². The van der Waals surface area contributed by atoms with Gasteiger partial charge in [0, 0.05) is 18.7 Å². The number of rotatable bonds is 9. The number of carbonyl (C=O) groups is 3. The van der Waals surface area contributed by atoms with Gasteiger partial charge in [-0.05, 0) is 55.2 Å². The molecule has 1 amide bonds. The second kappa shape index (κ2) is 10.9. The van der Waals surface area contributed by atoms with E-state index in [-0.39, 0.29) is 21.9 Å². The van der Waals surface area contributed by atoms with E-state index in [9.17, 15) is 27.2 Å². The normalized spacial score (nSPS) is 15.2. The van der Waals surface area contributed by atoms with Gasteiger partial charge in [0.25, 0.3) is 5.91 Å². The number of ketones is 1. The summed E-state index contributed by atoms with van der Waals surface area (Å²) in [5.41, 5.74) is -0.0225. The predicted molar refractivity (Wildman–Crippen MR) is 122 cm³/mol.